The van der Waals surface area contributed by atoms with Crippen molar-refractivity contribution in [3.05, 3.63) is 89.2 Å². The van der Waals surface area contributed by atoms with E-state index in [2.05, 4.69) is 25.5 Å². The summed E-state index contributed by atoms with van der Waals surface area (Å²) in [7, 11) is -8.37. The van der Waals surface area contributed by atoms with Crippen molar-refractivity contribution >= 4 is 53.2 Å². The predicted molar refractivity (Wildman–Crippen MR) is 148 cm³/mol. The number of sulfone groups is 1. The van der Waals surface area contributed by atoms with Crippen LogP contribution in [0.5, 0.6) is 0 Å². The minimum Gasteiger partial charge on any atom is -0.422 e. The number of carbonyl (C=O) groups excluding carboxylic acids is 1. The van der Waals surface area contributed by atoms with Crippen molar-refractivity contribution in [2.45, 2.75) is 11.8 Å². The Labute approximate surface area is 232 Å². The van der Waals surface area contributed by atoms with Gasteiger partial charge in [0.1, 0.15) is 5.01 Å². The first kappa shape index (κ1) is 27.5. The summed E-state index contributed by atoms with van der Waals surface area (Å²) in [5, 5.41) is 14.1. The Morgan fingerprint density at radius 3 is 2.55 bits per heavy atom. The minimum atomic E-state index is -4.37. The van der Waals surface area contributed by atoms with Crippen LogP contribution in [-0.4, -0.2) is 49.2 Å². The van der Waals surface area contributed by atoms with Gasteiger partial charge >= 0.3 is 0 Å². The molecule has 2 aromatic carbocycles. The predicted octanol–water partition coefficient (Wildman–Crippen LogP) is 2.42. The van der Waals surface area contributed by atoms with E-state index >= 15 is 0 Å². The van der Waals surface area contributed by atoms with Crippen molar-refractivity contribution in [1.29, 1.82) is 0 Å². The molecule has 13 nitrogen and oxygen atoms in total. The van der Waals surface area contributed by atoms with Gasteiger partial charge in [-0.1, -0.05) is 24.3 Å². The van der Waals surface area contributed by atoms with E-state index in [1.54, 1.807) is 47.3 Å². The molecule has 0 aliphatic rings. The molecule has 0 radical (unpaired) electrons. The molecule has 40 heavy (non-hydrogen) atoms. The maximum absolute atomic E-state index is 12.7. The first-order valence-corrected chi connectivity index (χ1v) is 15.8. The highest BCUT2D eigenvalue weighted by atomic mass is 32.2. The van der Waals surface area contributed by atoms with Crippen LogP contribution in [0.3, 0.4) is 0 Å². The number of hydrogen-bond acceptors (Lipinski definition) is 11. The number of anilines is 1. The van der Waals surface area contributed by atoms with Crippen molar-refractivity contribution < 1.29 is 26.0 Å². The monoisotopic (exact) mass is 599 g/mol. The van der Waals surface area contributed by atoms with Crippen LogP contribution in [0.2, 0.25) is 0 Å². The molecule has 1 unspecified atom stereocenters. The van der Waals surface area contributed by atoms with E-state index in [-0.39, 0.29) is 18.2 Å². The number of pyridine rings is 1. The SMILES string of the molecule is CS(=O)(=O)C(NS(N)(=O)=O)c1nnc(Cc2nc3ccc(-c4ncccc4NC(=O)c4ccccc4)cc3s2)o1. The minimum absolute atomic E-state index is 0.0368. The Hall–Kier alpha value is -4.09. The summed E-state index contributed by atoms with van der Waals surface area (Å²) in [6.45, 7) is 0. The molecule has 0 saturated carbocycles. The van der Waals surface area contributed by atoms with Crippen molar-refractivity contribution in [2.75, 3.05) is 11.6 Å². The van der Waals surface area contributed by atoms with Gasteiger partial charge < -0.3 is 9.73 Å². The molecule has 206 valence electrons. The zero-order chi connectivity index (χ0) is 28.5. The van der Waals surface area contributed by atoms with Gasteiger partial charge in [0.25, 0.3) is 16.1 Å². The number of nitrogens with one attached hydrogen (secondary N) is 2. The molecule has 4 N–H and O–H groups in total. The smallest absolute Gasteiger partial charge is 0.275 e. The largest absolute Gasteiger partial charge is 0.422 e. The molecule has 0 bridgehead atoms. The molecule has 16 heteroatoms. The Morgan fingerprint density at radius 1 is 1.05 bits per heavy atom. The van der Waals surface area contributed by atoms with Crippen LogP contribution in [0.1, 0.15) is 32.5 Å². The van der Waals surface area contributed by atoms with Crippen LogP contribution in [0.4, 0.5) is 5.69 Å². The second kappa shape index (κ2) is 10.8. The highest BCUT2D eigenvalue weighted by Crippen LogP contribution is 2.32. The summed E-state index contributed by atoms with van der Waals surface area (Å²) >= 11 is 1.35. The summed E-state index contributed by atoms with van der Waals surface area (Å²) in [6, 6.07) is 17.9. The highest BCUT2D eigenvalue weighted by Gasteiger charge is 2.32. The van der Waals surface area contributed by atoms with Crippen LogP contribution in [0.25, 0.3) is 21.5 Å². The zero-order valence-corrected chi connectivity index (χ0v) is 23.1. The van der Waals surface area contributed by atoms with E-state index in [0.717, 1.165) is 16.5 Å². The van der Waals surface area contributed by atoms with E-state index in [4.69, 9.17) is 9.56 Å². The third-order valence-electron chi connectivity index (χ3n) is 5.51. The molecule has 5 rings (SSSR count). The Morgan fingerprint density at radius 2 is 1.82 bits per heavy atom. The second-order valence-electron chi connectivity index (χ2n) is 8.59. The van der Waals surface area contributed by atoms with Gasteiger partial charge in [-0.3, -0.25) is 9.78 Å². The first-order chi connectivity index (χ1) is 19.0. The lowest BCUT2D eigenvalue weighted by Crippen LogP contribution is -2.38. The first-order valence-electron chi connectivity index (χ1n) is 11.5. The Bertz CT molecular complexity index is 1920. The van der Waals surface area contributed by atoms with Gasteiger partial charge in [-0.2, -0.15) is 13.1 Å². The van der Waals surface area contributed by atoms with Gasteiger partial charge in [0.15, 0.2) is 9.84 Å². The average Bonchev–Trinajstić information content (AvgIpc) is 3.53. The van der Waals surface area contributed by atoms with Gasteiger partial charge in [-0.25, -0.2) is 18.5 Å². The number of hydrogen-bond donors (Lipinski definition) is 3. The molecular formula is C24H21N7O6S3. The average molecular weight is 600 g/mol. The number of nitrogens with two attached hydrogens (primary N) is 1. The van der Waals surface area contributed by atoms with Crippen molar-refractivity contribution in [1.82, 2.24) is 24.9 Å². The quantitative estimate of drug-likeness (QED) is 0.226. The molecule has 5 aromatic rings. The van der Waals surface area contributed by atoms with Crippen LogP contribution >= 0.6 is 11.3 Å². The van der Waals surface area contributed by atoms with Crippen molar-refractivity contribution in [3.8, 4) is 11.3 Å². The van der Waals surface area contributed by atoms with Gasteiger partial charge in [0, 0.05) is 23.6 Å². The van der Waals surface area contributed by atoms with E-state index in [0.29, 0.717) is 27.5 Å². The second-order valence-corrected chi connectivity index (χ2v) is 13.2. The summed E-state index contributed by atoms with van der Waals surface area (Å²) in [4.78, 5) is 21.8. The third-order valence-corrected chi connectivity index (χ3v) is 8.41. The molecule has 0 aliphatic carbocycles. The number of rotatable bonds is 9. The van der Waals surface area contributed by atoms with Gasteiger partial charge in [-0.15, -0.1) is 21.5 Å². The van der Waals surface area contributed by atoms with E-state index in [1.165, 1.54) is 11.3 Å². The number of aromatic nitrogens is 4. The fourth-order valence-electron chi connectivity index (χ4n) is 3.76. The van der Waals surface area contributed by atoms with Crippen LogP contribution < -0.4 is 15.2 Å². The molecule has 0 fully saturated rings. The standard InChI is InChI=1S/C24H21N7O6S3/c1-39(33,34)24(31-40(25,35)36)23-30-29-19(37-23)13-20-27-16-10-9-15(12-18(16)38-20)21-17(8-5-11-26-21)28-22(32)14-6-3-2-4-7-14/h2-12,24,31H,13H2,1H3,(H,28,32)(H2,25,35,36). The molecule has 0 spiro atoms. The van der Waals surface area contributed by atoms with Gasteiger partial charge in [0.05, 0.1) is 28.0 Å². The number of benzene rings is 2. The molecule has 0 aliphatic heterocycles. The third kappa shape index (κ3) is 6.37. The van der Waals surface area contributed by atoms with E-state index in [9.17, 15) is 21.6 Å². The maximum Gasteiger partial charge on any atom is 0.275 e. The number of fused-ring (bicyclic) bond motifs is 1. The lowest BCUT2D eigenvalue weighted by atomic mass is 10.1. The van der Waals surface area contributed by atoms with Gasteiger partial charge in [0.2, 0.25) is 17.2 Å². The highest BCUT2D eigenvalue weighted by molar-refractivity contribution is 7.92. The van der Waals surface area contributed by atoms with Crippen molar-refractivity contribution in [2.24, 2.45) is 5.14 Å². The Balaban J connectivity index is 1.38. The molecule has 1 atom stereocenters. The Kier molecular flexibility index (Phi) is 7.43. The molecular weight excluding hydrogens is 579 g/mol. The van der Waals surface area contributed by atoms with Gasteiger partial charge in [-0.05, 0) is 36.4 Å². The van der Waals surface area contributed by atoms with Crippen LogP contribution in [0, 0.1) is 0 Å². The lowest BCUT2D eigenvalue weighted by Gasteiger charge is -2.10. The molecule has 3 aromatic heterocycles. The molecule has 3 heterocycles. The zero-order valence-electron chi connectivity index (χ0n) is 20.7. The molecule has 1 amide bonds. The maximum atomic E-state index is 12.7. The van der Waals surface area contributed by atoms with E-state index in [1.807, 2.05) is 24.3 Å². The normalized spacial score (nSPS) is 12.8. The summed E-state index contributed by atoms with van der Waals surface area (Å²) in [5.74, 6) is -0.683. The number of amides is 1. The summed E-state index contributed by atoms with van der Waals surface area (Å²) in [6.07, 6.45) is 2.53. The number of thiazole rings is 1. The lowest BCUT2D eigenvalue weighted by molar-refractivity contribution is 0.102. The fraction of sp³-hybridized carbons (Fsp3) is 0.125. The summed E-state index contributed by atoms with van der Waals surface area (Å²) in [5.41, 5.74) is 3.11. The molecule has 0 saturated heterocycles. The fourth-order valence-corrected chi connectivity index (χ4v) is 6.72. The van der Waals surface area contributed by atoms with E-state index < -0.39 is 31.3 Å². The van der Waals surface area contributed by atoms with Crippen LogP contribution in [0.15, 0.2) is 71.3 Å². The number of carbonyl (C=O) groups is 1. The summed E-state index contributed by atoms with van der Waals surface area (Å²) < 4.78 is 54.9. The number of nitrogens with zero attached hydrogens (tertiary/aromatic N) is 4. The topological polar surface area (TPSA) is 200 Å². The van der Waals surface area contributed by atoms with Crippen LogP contribution in [-0.2, 0) is 26.5 Å². The van der Waals surface area contributed by atoms with Crippen molar-refractivity contribution in [3.63, 3.8) is 0 Å².